The maximum Gasteiger partial charge on any atom is 0.225 e. The molecule has 0 saturated carbocycles. The largest absolute Gasteiger partial charge is 0.389 e. The molecule has 3 N–H and O–H groups in total. The van der Waals surface area contributed by atoms with Crippen molar-refractivity contribution in [2.75, 3.05) is 0 Å². The summed E-state index contributed by atoms with van der Waals surface area (Å²) in [5.74, 6) is -0.0754. The highest BCUT2D eigenvalue weighted by atomic mass is 16.3. The minimum Gasteiger partial charge on any atom is -0.389 e. The number of amides is 1. The molecule has 0 aliphatic heterocycles. The van der Waals surface area contributed by atoms with E-state index in [1.54, 1.807) is 13.8 Å². The molecule has 0 saturated heterocycles. The van der Waals surface area contributed by atoms with Crippen LogP contribution in [-0.4, -0.2) is 21.0 Å². The van der Waals surface area contributed by atoms with Crippen LogP contribution >= 0.6 is 0 Å². The number of aliphatic hydroxyl groups is 1. The molecule has 0 aromatic carbocycles. The third-order valence-electron chi connectivity index (χ3n) is 1.85. The number of rotatable bonds is 3. The maximum atomic E-state index is 10.6. The fourth-order valence-electron chi connectivity index (χ4n) is 1.18. The van der Waals surface area contributed by atoms with Gasteiger partial charge in [-0.25, -0.2) is 9.97 Å². The number of nitrogens with two attached hydrogens (primary N) is 1. The molecule has 76 valence electrons. The van der Waals surface area contributed by atoms with Crippen molar-refractivity contribution in [1.29, 1.82) is 0 Å². The van der Waals surface area contributed by atoms with Gasteiger partial charge in [0.15, 0.2) is 0 Å². The predicted octanol–water partition coefficient (Wildman–Crippen LogP) is -0.134. The van der Waals surface area contributed by atoms with Crippen molar-refractivity contribution in [2.45, 2.75) is 26.4 Å². The van der Waals surface area contributed by atoms with E-state index in [0.29, 0.717) is 17.1 Å². The molecule has 0 aliphatic carbocycles. The van der Waals surface area contributed by atoms with Crippen molar-refractivity contribution >= 4 is 5.91 Å². The number of aromatic nitrogens is 2. The molecule has 1 aromatic heterocycles. The van der Waals surface area contributed by atoms with Crippen LogP contribution < -0.4 is 5.73 Å². The first-order chi connectivity index (χ1) is 6.50. The average Bonchev–Trinajstić information content (AvgIpc) is 2.01. The number of aryl methyl sites for hydroxylation is 1. The standard InChI is InChI=1S/C9H13N3O2/c1-5-7(6(2)13)4-11-9(12-5)3-8(10)14/h4,6,13H,3H2,1-2H3,(H2,10,14)/t6-/m0/s1. The van der Waals surface area contributed by atoms with Gasteiger partial charge >= 0.3 is 0 Å². The summed E-state index contributed by atoms with van der Waals surface area (Å²) in [5, 5.41) is 9.31. The Labute approximate surface area is 82.0 Å². The van der Waals surface area contributed by atoms with Crippen LogP contribution in [0.4, 0.5) is 0 Å². The van der Waals surface area contributed by atoms with E-state index in [1.807, 2.05) is 0 Å². The van der Waals surface area contributed by atoms with E-state index in [4.69, 9.17) is 5.73 Å². The van der Waals surface area contributed by atoms with E-state index in [-0.39, 0.29) is 6.42 Å². The molecule has 0 spiro atoms. The lowest BCUT2D eigenvalue weighted by molar-refractivity contribution is -0.117. The monoisotopic (exact) mass is 195 g/mol. The van der Waals surface area contributed by atoms with Gasteiger partial charge in [-0.3, -0.25) is 4.79 Å². The van der Waals surface area contributed by atoms with Crippen LogP contribution in [0.5, 0.6) is 0 Å². The summed E-state index contributed by atoms with van der Waals surface area (Å²) < 4.78 is 0. The lowest BCUT2D eigenvalue weighted by atomic mass is 10.1. The Balaban J connectivity index is 2.94. The Morgan fingerprint density at radius 3 is 2.79 bits per heavy atom. The first kappa shape index (κ1) is 10.6. The number of carbonyl (C=O) groups excluding carboxylic acids is 1. The summed E-state index contributed by atoms with van der Waals surface area (Å²) in [6, 6.07) is 0. The minimum absolute atomic E-state index is 0.0287. The molecular formula is C9H13N3O2. The maximum absolute atomic E-state index is 10.6. The number of hydrogen-bond donors (Lipinski definition) is 2. The van der Waals surface area contributed by atoms with Crippen LogP contribution in [0, 0.1) is 6.92 Å². The molecule has 1 heterocycles. The number of primary amides is 1. The van der Waals surface area contributed by atoms with Crippen LogP contribution in [0.3, 0.4) is 0 Å². The van der Waals surface area contributed by atoms with Crippen molar-refractivity contribution in [3.63, 3.8) is 0 Å². The van der Waals surface area contributed by atoms with Gasteiger partial charge in [0, 0.05) is 17.5 Å². The van der Waals surface area contributed by atoms with Crippen LogP contribution in [0.1, 0.15) is 30.1 Å². The second kappa shape index (κ2) is 4.15. The topological polar surface area (TPSA) is 89.1 Å². The summed E-state index contributed by atoms with van der Waals surface area (Å²) >= 11 is 0. The summed E-state index contributed by atoms with van der Waals surface area (Å²) in [6.07, 6.45) is 0.948. The van der Waals surface area contributed by atoms with E-state index in [2.05, 4.69) is 9.97 Å². The first-order valence-electron chi connectivity index (χ1n) is 4.29. The summed E-state index contributed by atoms with van der Waals surface area (Å²) in [6.45, 7) is 3.40. The van der Waals surface area contributed by atoms with E-state index in [0.717, 1.165) is 0 Å². The van der Waals surface area contributed by atoms with Crippen molar-refractivity contribution in [3.8, 4) is 0 Å². The molecule has 0 unspecified atom stereocenters. The molecule has 1 rings (SSSR count). The summed E-state index contributed by atoms with van der Waals surface area (Å²) in [7, 11) is 0. The average molecular weight is 195 g/mol. The molecule has 5 nitrogen and oxygen atoms in total. The van der Waals surface area contributed by atoms with Crippen LogP contribution in [-0.2, 0) is 11.2 Å². The molecule has 5 heteroatoms. The fraction of sp³-hybridized carbons (Fsp3) is 0.444. The van der Waals surface area contributed by atoms with E-state index in [1.165, 1.54) is 6.20 Å². The molecule has 0 aliphatic rings. The molecule has 0 radical (unpaired) electrons. The first-order valence-corrected chi connectivity index (χ1v) is 4.29. The number of hydrogen-bond acceptors (Lipinski definition) is 4. The van der Waals surface area contributed by atoms with Crippen molar-refractivity contribution < 1.29 is 9.90 Å². The summed E-state index contributed by atoms with van der Waals surface area (Å²) in [5.41, 5.74) is 6.34. The highest BCUT2D eigenvalue weighted by Crippen LogP contribution is 2.13. The Kier molecular flexibility index (Phi) is 3.14. The molecule has 0 bridgehead atoms. The quantitative estimate of drug-likeness (QED) is 0.702. The van der Waals surface area contributed by atoms with Gasteiger partial charge in [0.1, 0.15) is 5.82 Å². The van der Waals surface area contributed by atoms with Gasteiger partial charge in [0.05, 0.1) is 12.5 Å². The SMILES string of the molecule is Cc1nc(CC(N)=O)ncc1[C@H](C)O. The predicted molar refractivity (Wildman–Crippen MR) is 50.3 cm³/mol. The van der Waals surface area contributed by atoms with Gasteiger partial charge in [-0.15, -0.1) is 0 Å². The van der Waals surface area contributed by atoms with Gasteiger partial charge in [-0.2, -0.15) is 0 Å². The lowest BCUT2D eigenvalue weighted by Gasteiger charge is -2.07. The van der Waals surface area contributed by atoms with Crippen molar-refractivity contribution in [2.24, 2.45) is 5.73 Å². The molecule has 1 amide bonds. The highest BCUT2D eigenvalue weighted by molar-refractivity contribution is 5.75. The van der Waals surface area contributed by atoms with Gasteiger partial charge in [-0.1, -0.05) is 0 Å². The van der Waals surface area contributed by atoms with Crippen LogP contribution in [0.25, 0.3) is 0 Å². The van der Waals surface area contributed by atoms with Gasteiger partial charge in [-0.05, 0) is 13.8 Å². The third kappa shape index (κ3) is 2.50. The molecule has 1 aromatic rings. The smallest absolute Gasteiger partial charge is 0.225 e. The van der Waals surface area contributed by atoms with Gasteiger partial charge < -0.3 is 10.8 Å². The van der Waals surface area contributed by atoms with Crippen molar-refractivity contribution in [1.82, 2.24) is 9.97 Å². The second-order valence-corrected chi connectivity index (χ2v) is 3.15. The number of carbonyl (C=O) groups is 1. The molecule has 0 fully saturated rings. The number of aliphatic hydroxyl groups excluding tert-OH is 1. The zero-order chi connectivity index (χ0) is 10.7. The van der Waals surface area contributed by atoms with Gasteiger partial charge in [0.25, 0.3) is 0 Å². The second-order valence-electron chi connectivity index (χ2n) is 3.15. The molecular weight excluding hydrogens is 182 g/mol. The lowest BCUT2D eigenvalue weighted by Crippen LogP contribution is -2.16. The Hall–Kier alpha value is -1.49. The normalized spacial score (nSPS) is 12.5. The van der Waals surface area contributed by atoms with Crippen molar-refractivity contribution in [3.05, 3.63) is 23.3 Å². The van der Waals surface area contributed by atoms with E-state index >= 15 is 0 Å². The number of nitrogens with zero attached hydrogens (tertiary/aromatic N) is 2. The van der Waals surface area contributed by atoms with E-state index in [9.17, 15) is 9.90 Å². The zero-order valence-corrected chi connectivity index (χ0v) is 8.19. The minimum atomic E-state index is -0.599. The van der Waals surface area contributed by atoms with E-state index < -0.39 is 12.0 Å². The van der Waals surface area contributed by atoms with Crippen LogP contribution in [0.2, 0.25) is 0 Å². The molecule has 1 atom stereocenters. The fourth-order valence-corrected chi connectivity index (χ4v) is 1.18. The van der Waals surface area contributed by atoms with Gasteiger partial charge in [0.2, 0.25) is 5.91 Å². The highest BCUT2D eigenvalue weighted by Gasteiger charge is 2.09. The zero-order valence-electron chi connectivity index (χ0n) is 8.19. The Morgan fingerprint density at radius 2 is 2.36 bits per heavy atom. The third-order valence-corrected chi connectivity index (χ3v) is 1.85. The Bertz CT molecular complexity index is 350. The summed E-state index contributed by atoms with van der Waals surface area (Å²) in [4.78, 5) is 18.6. The molecule has 14 heavy (non-hydrogen) atoms. The van der Waals surface area contributed by atoms with Crippen LogP contribution in [0.15, 0.2) is 6.20 Å². The Morgan fingerprint density at radius 1 is 1.71 bits per heavy atom.